The number of nitrogens with zero attached hydrogens (tertiary/aromatic N) is 1. The zero-order valence-electron chi connectivity index (χ0n) is 10.8. The Morgan fingerprint density at radius 3 is 3.00 bits per heavy atom. The van der Waals surface area contributed by atoms with Crippen LogP contribution in [-0.2, 0) is 19.3 Å². The lowest BCUT2D eigenvalue weighted by molar-refractivity contribution is 0.796. The predicted octanol–water partition coefficient (Wildman–Crippen LogP) is 4.72. The Morgan fingerprint density at radius 1 is 1.28 bits per heavy atom. The first-order valence-corrected chi connectivity index (χ1v) is 7.27. The van der Waals surface area contributed by atoms with Crippen molar-refractivity contribution in [1.29, 1.82) is 0 Å². The Morgan fingerprint density at radius 2 is 2.17 bits per heavy atom. The summed E-state index contributed by atoms with van der Waals surface area (Å²) in [5.41, 5.74) is 4.94. The van der Waals surface area contributed by atoms with E-state index in [-0.39, 0.29) is 0 Å². The molecule has 94 valence electrons. The molecule has 2 aromatic rings. The van der Waals surface area contributed by atoms with Crippen molar-refractivity contribution in [2.75, 3.05) is 0 Å². The van der Waals surface area contributed by atoms with Crippen LogP contribution in [0.2, 0.25) is 5.02 Å². The molecule has 1 heterocycles. The fraction of sp³-hybridized carbons (Fsp3) is 0.438. The van der Waals surface area contributed by atoms with Crippen molar-refractivity contribution in [3.63, 3.8) is 0 Å². The summed E-state index contributed by atoms with van der Waals surface area (Å²) in [5, 5.41) is 2.09. The van der Waals surface area contributed by atoms with E-state index in [2.05, 4.69) is 25.1 Å². The molecule has 1 aliphatic rings. The summed E-state index contributed by atoms with van der Waals surface area (Å²) < 4.78 is 0. The van der Waals surface area contributed by atoms with Gasteiger partial charge in [0.15, 0.2) is 0 Å². The second kappa shape index (κ2) is 4.89. The van der Waals surface area contributed by atoms with Gasteiger partial charge >= 0.3 is 0 Å². The molecule has 0 amide bonds. The van der Waals surface area contributed by atoms with Gasteiger partial charge in [0.25, 0.3) is 0 Å². The number of fused-ring (bicyclic) bond motifs is 2. The van der Waals surface area contributed by atoms with Crippen LogP contribution >= 0.6 is 11.6 Å². The topological polar surface area (TPSA) is 12.9 Å². The minimum absolute atomic E-state index is 0.950. The molecule has 18 heavy (non-hydrogen) atoms. The van der Waals surface area contributed by atoms with Gasteiger partial charge in [-0.15, -0.1) is 0 Å². The van der Waals surface area contributed by atoms with Crippen molar-refractivity contribution in [1.82, 2.24) is 4.98 Å². The molecule has 0 aliphatic heterocycles. The predicted molar refractivity (Wildman–Crippen MR) is 77.4 cm³/mol. The fourth-order valence-corrected chi connectivity index (χ4v) is 3.14. The van der Waals surface area contributed by atoms with Crippen molar-refractivity contribution in [2.45, 2.75) is 45.4 Å². The molecule has 0 fully saturated rings. The number of hydrogen-bond donors (Lipinski definition) is 0. The van der Waals surface area contributed by atoms with Crippen molar-refractivity contribution in [3.05, 3.63) is 40.0 Å². The molecular formula is C16H18ClN. The molecule has 0 saturated carbocycles. The second-order valence-electron chi connectivity index (χ2n) is 5.16. The van der Waals surface area contributed by atoms with Gasteiger partial charge in [0, 0.05) is 11.1 Å². The number of aromatic nitrogens is 1. The minimum Gasteiger partial charge on any atom is -0.252 e. The highest BCUT2D eigenvalue weighted by molar-refractivity contribution is 6.36. The molecule has 1 aromatic carbocycles. The third-order valence-electron chi connectivity index (χ3n) is 3.83. The third kappa shape index (κ3) is 2.01. The van der Waals surface area contributed by atoms with Gasteiger partial charge in [-0.1, -0.05) is 31.0 Å². The lowest BCUT2D eigenvalue weighted by Gasteiger charge is -2.08. The molecule has 0 saturated heterocycles. The quantitative estimate of drug-likeness (QED) is 0.777. The lowest BCUT2D eigenvalue weighted by Crippen LogP contribution is -1.93. The molecule has 0 spiro atoms. The molecule has 0 atom stereocenters. The summed E-state index contributed by atoms with van der Waals surface area (Å²) in [7, 11) is 0. The van der Waals surface area contributed by atoms with Crippen LogP contribution in [0.1, 0.15) is 43.0 Å². The number of pyridine rings is 1. The fourth-order valence-electron chi connectivity index (χ4n) is 2.79. The highest BCUT2D eigenvalue weighted by atomic mass is 35.5. The van der Waals surface area contributed by atoms with Crippen molar-refractivity contribution < 1.29 is 0 Å². The highest BCUT2D eigenvalue weighted by Gasteiger charge is 2.18. The van der Waals surface area contributed by atoms with Crippen LogP contribution in [0, 0.1) is 0 Å². The molecule has 2 heteroatoms. The largest absolute Gasteiger partial charge is 0.252 e. The average Bonchev–Trinajstić information content (AvgIpc) is 2.85. The summed E-state index contributed by atoms with van der Waals surface area (Å²) in [6.45, 7) is 2.22. The Kier molecular flexibility index (Phi) is 3.25. The van der Waals surface area contributed by atoms with Crippen LogP contribution < -0.4 is 0 Å². The van der Waals surface area contributed by atoms with Crippen LogP contribution in [-0.4, -0.2) is 4.98 Å². The molecule has 0 unspecified atom stereocenters. The van der Waals surface area contributed by atoms with E-state index >= 15 is 0 Å². The lowest BCUT2D eigenvalue weighted by atomic mass is 10.0. The maximum Gasteiger partial charge on any atom is 0.0720 e. The van der Waals surface area contributed by atoms with Crippen molar-refractivity contribution in [2.24, 2.45) is 0 Å². The number of halogens is 1. The molecule has 1 aromatic heterocycles. The van der Waals surface area contributed by atoms with Gasteiger partial charge in [-0.25, -0.2) is 0 Å². The first kappa shape index (κ1) is 12.0. The van der Waals surface area contributed by atoms with Gasteiger partial charge in [-0.2, -0.15) is 0 Å². The first-order chi connectivity index (χ1) is 8.79. The Labute approximate surface area is 113 Å². The van der Waals surface area contributed by atoms with Crippen LogP contribution in [0.4, 0.5) is 0 Å². The molecule has 1 nitrogen and oxygen atoms in total. The zero-order valence-corrected chi connectivity index (χ0v) is 11.6. The summed E-state index contributed by atoms with van der Waals surface area (Å²) in [5.74, 6) is 0. The van der Waals surface area contributed by atoms with Crippen LogP contribution in [0.3, 0.4) is 0 Å². The number of unbranched alkanes of at least 4 members (excludes halogenated alkanes) is 1. The van der Waals surface area contributed by atoms with Crippen molar-refractivity contribution in [3.8, 4) is 0 Å². The zero-order chi connectivity index (χ0) is 12.5. The Balaban J connectivity index is 2.10. The molecule has 0 radical (unpaired) electrons. The summed E-state index contributed by atoms with van der Waals surface area (Å²) in [6, 6.07) is 6.56. The first-order valence-electron chi connectivity index (χ1n) is 6.89. The van der Waals surface area contributed by atoms with Crippen LogP contribution in [0.25, 0.3) is 10.9 Å². The van der Waals surface area contributed by atoms with E-state index in [1.165, 1.54) is 36.1 Å². The maximum absolute atomic E-state index is 6.55. The number of aryl methyl sites for hydroxylation is 2. The normalized spacial score (nSPS) is 14.1. The Bertz CT molecular complexity index is 589. The smallest absolute Gasteiger partial charge is 0.0720 e. The standard InChI is InChI=1S/C16H18ClN/c1-2-3-5-11-8-9-15-13(10-11)16(17)12-6-4-7-14(12)18-15/h8-10H,2-7H2,1H3. The molecule has 0 bridgehead atoms. The highest BCUT2D eigenvalue weighted by Crippen LogP contribution is 2.34. The van der Waals surface area contributed by atoms with Gasteiger partial charge in [-0.05, 0) is 55.4 Å². The summed E-state index contributed by atoms with van der Waals surface area (Å²) in [6.07, 6.45) is 6.98. The maximum atomic E-state index is 6.55. The van der Waals surface area contributed by atoms with E-state index in [9.17, 15) is 0 Å². The van der Waals surface area contributed by atoms with E-state index in [1.807, 2.05) is 0 Å². The average molecular weight is 260 g/mol. The number of benzene rings is 1. The van der Waals surface area contributed by atoms with Gasteiger partial charge in [0.1, 0.15) is 0 Å². The molecular weight excluding hydrogens is 242 g/mol. The van der Waals surface area contributed by atoms with E-state index in [4.69, 9.17) is 16.6 Å². The monoisotopic (exact) mass is 259 g/mol. The molecule has 0 N–H and O–H groups in total. The SMILES string of the molecule is CCCCc1ccc2nc3c(c(Cl)c2c1)CCC3. The third-order valence-corrected chi connectivity index (χ3v) is 4.26. The van der Waals surface area contributed by atoms with Crippen LogP contribution in [0.15, 0.2) is 18.2 Å². The second-order valence-corrected chi connectivity index (χ2v) is 5.54. The van der Waals surface area contributed by atoms with E-state index in [0.717, 1.165) is 35.2 Å². The Hall–Kier alpha value is -1.08. The number of rotatable bonds is 3. The van der Waals surface area contributed by atoms with Crippen LogP contribution in [0.5, 0.6) is 0 Å². The summed E-state index contributed by atoms with van der Waals surface area (Å²) in [4.78, 5) is 4.75. The molecule has 3 rings (SSSR count). The van der Waals surface area contributed by atoms with E-state index in [0.29, 0.717) is 0 Å². The van der Waals surface area contributed by atoms with Gasteiger partial charge < -0.3 is 0 Å². The van der Waals surface area contributed by atoms with E-state index in [1.54, 1.807) is 0 Å². The van der Waals surface area contributed by atoms with Crippen molar-refractivity contribution >= 4 is 22.5 Å². The summed E-state index contributed by atoms with van der Waals surface area (Å²) >= 11 is 6.55. The minimum atomic E-state index is 0.950. The van der Waals surface area contributed by atoms with E-state index < -0.39 is 0 Å². The number of hydrogen-bond acceptors (Lipinski definition) is 1. The van der Waals surface area contributed by atoms with Gasteiger partial charge in [0.2, 0.25) is 0 Å². The molecule has 1 aliphatic carbocycles. The van der Waals surface area contributed by atoms with Gasteiger partial charge in [0.05, 0.1) is 10.5 Å². The van der Waals surface area contributed by atoms with Gasteiger partial charge in [-0.3, -0.25) is 4.98 Å².